The van der Waals surface area contributed by atoms with Crippen molar-refractivity contribution >= 4 is 33.2 Å². The topological polar surface area (TPSA) is 78.5 Å². The monoisotopic (exact) mass is 659 g/mol. The van der Waals surface area contributed by atoms with E-state index in [1.807, 2.05) is 6.92 Å². The zero-order valence-electron chi connectivity index (χ0n) is 25.0. The molecule has 240 valence electrons. The van der Waals surface area contributed by atoms with Gasteiger partial charge in [0.2, 0.25) is 15.9 Å². The minimum atomic E-state index is -3.39. The molecule has 2 fully saturated rings. The number of anilines is 1. The molecule has 1 amide bonds. The molecule has 0 radical (unpaired) electrons. The minimum Gasteiger partial charge on any atom is -0.325 e. The van der Waals surface area contributed by atoms with Gasteiger partial charge in [0, 0.05) is 53.4 Å². The number of nitrogens with one attached hydrogen (secondary N) is 2. The molecule has 11 heteroatoms. The smallest absolute Gasteiger partial charge is 0.232 e. The zero-order valence-corrected chi connectivity index (χ0v) is 26.6. The Balaban J connectivity index is 1.36. The number of amides is 1. The second-order valence-electron chi connectivity index (χ2n) is 11.9. The summed E-state index contributed by atoms with van der Waals surface area (Å²) in [5, 5.41) is 6.29. The van der Waals surface area contributed by atoms with Gasteiger partial charge in [0.25, 0.3) is 0 Å². The number of halogens is 4. The van der Waals surface area contributed by atoms with Gasteiger partial charge in [-0.25, -0.2) is 21.6 Å². The molecule has 2 aliphatic rings. The molecule has 1 saturated heterocycles. The first-order chi connectivity index (χ1) is 21.5. The van der Waals surface area contributed by atoms with Crippen LogP contribution in [0.15, 0.2) is 73.3 Å². The number of nitrogens with zero attached hydrogens (tertiary/aromatic N) is 1. The quantitative estimate of drug-likeness (QED) is 0.210. The maximum atomic E-state index is 15.2. The molecule has 3 aromatic carbocycles. The van der Waals surface area contributed by atoms with Crippen LogP contribution in [-0.2, 0) is 21.2 Å². The summed E-state index contributed by atoms with van der Waals surface area (Å²) < 4.78 is 71.8. The molecule has 5 rings (SSSR count). The van der Waals surface area contributed by atoms with E-state index >= 15 is 4.39 Å². The summed E-state index contributed by atoms with van der Waals surface area (Å²) in [5.41, 5.74) is 1.38. The average molecular weight is 660 g/mol. The summed E-state index contributed by atoms with van der Waals surface area (Å²) in [4.78, 5) is 13.8. The fourth-order valence-corrected chi connectivity index (χ4v) is 8.69. The van der Waals surface area contributed by atoms with Crippen molar-refractivity contribution in [2.75, 3.05) is 18.4 Å². The Kier molecular flexibility index (Phi) is 10.4. The Morgan fingerprint density at radius 1 is 1.07 bits per heavy atom. The maximum absolute atomic E-state index is 15.2. The third-order valence-electron chi connectivity index (χ3n) is 8.58. The molecule has 0 spiro atoms. The van der Waals surface area contributed by atoms with Crippen molar-refractivity contribution in [3.63, 3.8) is 0 Å². The number of rotatable bonds is 12. The van der Waals surface area contributed by atoms with Gasteiger partial charge in [-0.2, -0.15) is 4.31 Å². The van der Waals surface area contributed by atoms with E-state index in [1.54, 1.807) is 34.6 Å². The van der Waals surface area contributed by atoms with Crippen molar-refractivity contribution in [1.29, 1.82) is 0 Å². The molecule has 4 atom stereocenters. The van der Waals surface area contributed by atoms with Crippen LogP contribution >= 0.6 is 11.6 Å². The maximum Gasteiger partial charge on any atom is 0.232 e. The fraction of sp³-hybridized carbons (Fsp3) is 0.382. The van der Waals surface area contributed by atoms with Crippen molar-refractivity contribution in [3.05, 3.63) is 112 Å². The van der Waals surface area contributed by atoms with Gasteiger partial charge in [0.05, 0.1) is 11.2 Å². The van der Waals surface area contributed by atoms with Crippen LogP contribution in [0.3, 0.4) is 0 Å². The summed E-state index contributed by atoms with van der Waals surface area (Å²) >= 11 is 6.08. The highest BCUT2D eigenvalue weighted by molar-refractivity contribution is 7.90. The van der Waals surface area contributed by atoms with Crippen LogP contribution in [0.4, 0.5) is 18.9 Å². The molecule has 45 heavy (non-hydrogen) atoms. The van der Waals surface area contributed by atoms with Crippen LogP contribution < -0.4 is 10.6 Å². The van der Waals surface area contributed by atoms with E-state index in [1.165, 1.54) is 30.3 Å². The van der Waals surface area contributed by atoms with Gasteiger partial charge in [-0.05, 0) is 86.6 Å². The molecule has 0 unspecified atom stereocenters. The van der Waals surface area contributed by atoms with Gasteiger partial charge in [0.15, 0.2) is 0 Å². The molecule has 1 saturated carbocycles. The van der Waals surface area contributed by atoms with Crippen molar-refractivity contribution < 1.29 is 26.4 Å². The third-order valence-corrected chi connectivity index (χ3v) is 11.4. The van der Waals surface area contributed by atoms with Gasteiger partial charge < -0.3 is 10.6 Å². The molecular weight excluding hydrogens is 623 g/mol. The van der Waals surface area contributed by atoms with Crippen molar-refractivity contribution in [2.45, 2.75) is 62.3 Å². The normalized spacial score (nSPS) is 20.4. The number of carbonyl (C=O) groups is 1. The molecule has 1 aliphatic carbocycles. The molecule has 1 aliphatic heterocycles. The number of hydrogen-bond donors (Lipinski definition) is 2. The second kappa shape index (κ2) is 14.1. The zero-order chi connectivity index (χ0) is 32.3. The third kappa shape index (κ3) is 7.62. The highest BCUT2D eigenvalue weighted by atomic mass is 35.5. The molecular formula is C34H37ClF3N3O3S. The SMILES string of the molecule is C=C[C@H](C(=O)Nc1cccc(F)c1CCC[C@H]1CNC[C@H](C)N1S(=O)(=O)C1CC1)[C@@H](c1ccc(Cl)cc1)c1cc(F)cc(F)c1. The fourth-order valence-electron chi connectivity index (χ4n) is 6.31. The highest BCUT2D eigenvalue weighted by Gasteiger charge is 2.45. The summed E-state index contributed by atoms with van der Waals surface area (Å²) in [6.45, 7) is 6.84. The van der Waals surface area contributed by atoms with Gasteiger partial charge in [0.1, 0.15) is 17.5 Å². The Morgan fingerprint density at radius 3 is 2.40 bits per heavy atom. The molecule has 6 nitrogen and oxygen atoms in total. The largest absolute Gasteiger partial charge is 0.325 e. The van der Waals surface area contributed by atoms with Crippen molar-refractivity contribution in [1.82, 2.24) is 9.62 Å². The van der Waals surface area contributed by atoms with E-state index in [0.29, 0.717) is 54.9 Å². The first kappa shape index (κ1) is 33.2. The Labute approximate surface area is 267 Å². The summed E-state index contributed by atoms with van der Waals surface area (Å²) in [6.07, 6.45) is 4.04. The molecule has 3 aromatic rings. The first-order valence-corrected chi connectivity index (χ1v) is 17.0. The van der Waals surface area contributed by atoms with Crippen LogP contribution in [-0.4, -0.2) is 49.1 Å². The summed E-state index contributed by atoms with van der Waals surface area (Å²) in [6, 6.07) is 13.7. The second-order valence-corrected chi connectivity index (χ2v) is 14.4. The lowest BCUT2D eigenvalue weighted by atomic mass is 9.80. The first-order valence-electron chi connectivity index (χ1n) is 15.1. The van der Waals surface area contributed by atoms with Gasteiger partial charge in [-0.3, -0.25) is 4.79 Å². The van der Waals surface area contributed by atoms with Gasteiger partial charge in [-0.1, -0.05) is 35.9 Å². The molecule has 2 N–H and O–H groups in total. The predicted molar refractivity (Wildman–Crippen MR) is 171 cm³/mol. The Bertz CT molecular complexity index is 1630. The van der Waals surface area contributed by atoms with E-state index in [-0.39, 0.29) is 35.0 Å². The van der Waals surface area contributed by atoms with Crippen LogP contribution in [0.5, 0.6) is 0 Å². The van der Waals surface area contributed by atoms with Gasteiger partial charge >= 0.3 is 0 Å². The average Bonchev–Trinajstić information content (AvgIpc) is 3.84. The minimum absolute atomic E-state index is 0.173. The van der Waals surface area contributed by atoms with Crippen LogP contribution in [0, 0.1) is 23.4 Å². The van der Waals surface area contributed by atoms with Gasteiger partial charge in [-0.15, -0.1) is 6.58 Å². The lowest BCUT2D eigenvalue weighted by molar-refractivity contribution is -0.118. The van der Waals surface area contributed by atoms with E-state index in [0.717, 1.165) is 6.07 Å². The van der Waals surface area contributed by atoms with E-state index < -0.39 is 45.2 Å². The molecule has 1 heterocycles. The number of sulfonamides is 1. The summed E-state index contributed by atoms with van der Waals surface area (Å²) in [7, 11) is -3.39. The Hall–Kier alpha value is -3.18. The Morgan fingerprint density at radius 2 is 1.76 bits per heavy atom. The lowest BCUT2D eigenvalue weighted by Crippen LogP contribution is -2.58. The van der Waals surface area contributed by atoms with Crippen molar-refractivity contribution in [3.8, 4) is 0 Å². The number of benzene rings is 3. The van der Waals surface area contributed by atoms with Crippen LogP contribution in [0.1, 0.15) is 55.2 Å². The van der Waals surface area contributed by atoms with E-state index in [4.69, 9.17) is 11.6 Å². The number of piperazine rings is 1. The van der Waals surface area contributed by atoms with Crippen LogP contribution in [0.25, 0.3) is 0 Å². The number of hydrogen-bond acceptors (Lipinski definition) is 4. The van der Waals surface area contributed by atoms with Crippen LogP contribution in [0.2, 0.25) is 5.02 Å². The number of carbonyl (C=O) groups excluding carboxylic acids is 1. The van der Waals surface area contributed by atoms with E-state index in [2.05, 4.69) is 17.2 Å². The van der Waals surface area contributed by atoms with E-state index in [9.17, 15) is 22.0 Å². The summed E-state index contributed by atoms with van der Waals surface area (Å²) in [5.74, 6) is -4.41. The molecule has 0 bridgehead atoms. The standard InChI is InChI=1S/C34H37ClF3N3O3S/c1-3-29(33(22-10-12-24(35)13-11-22)23-16-25(36)18-26(37)17-23)34(42)40-32-9-5-8-31(38)30(32)7-4-6-27-20-39-19-21(2)41(27)45(43,44)28-14-15-28/h3,5,8-13,16-18,21,27-29,33,39H,1,4,6-7,14-15,19-20H2,2H3,(H,40,42)/t21-,27-,29-,33-/m0/s1. The lowest BCUT2D eigenvalue weighted by Gasteiger charge is -2.40. The highest BCUT2D eigenvalue weighted by Crippen LogP contribution is 2.37. The molecule has 0 aromatic heterocycles. The van der Waals surface area contributed by atoms with Crippen molar-refractivity contribution in [2.24, 2.45) is 5.92 Å². The predicted octanol–water partition coefficient (Wildman–Crippen LogP) is 6.81.